The fourth-order valence-corrected chi connectivity index (χ4v) is 2.29. The van der Waals surface area contributed by atoms with Crippen LogP contribution in [-0.2, 0) is 21.0 Å². The lowest BCUT2D eigenvalue weighted by Crippen LogP contribution is -2.48. The van der Waals surface area contributed by atoms with Crippen molar-refractivity contribution in [3.63, 3.8) is 0 Å². The standard InChI is InChI=1S/C17H24N8O5/c18-17(30)20-7-1-2-13(24-15(28)8-21-14(27)9-22-25-19)16(29)23-12-5-3-11(10-26)4-6-12/h3-6,13,26H,1-2,7-10H2,(H,21,27)(H,23,29)(H,24,28)(H3,18,20,30)/t13-/m0/s1. The summed E-state index contributed by atoms with van der Waals surface area (Å²) >= 11 is 0. The van der Waals surface area contributed by atoms with E-state index in [4.69, 9.17) is 16.4 Å². The minimum absolute atomic E-state index is 0.134. The van der Waals surface area contributed by atoms with Gasteiger partial charge in [-0.25, -0.2) is 4.79 Å². The number of rotatable bonds is 12. The van der Waals surface area contributed by atoms with Gasteiger partial charge in [-0.3, -0.25) is 14.4 Å². The van der Waals surface area contributed by atoms with Gasteiger partial charge in [0.25, 0.3) is 0 Å². The second-order valence-electron chi connectivity index (χ2n) is 6.06. The van der Waals surface area contributed by atoms with Crippen molar-refractivity contribution in [1.82, 2.24) is 16.0 Å². The molecule has 0 aromatic heterocycles. The number of urea groups is 1. The summed E-state index contributed by atoms with van der Waals surface area (Å²) in [6, 6.07) is 4.84. The molecule has 0 aliphatic heterocycles. The monoisotopic (exact) mass is 420 g/mol. The third-order valence-electron chi connectivity index (χ3n) is 3.75. The van der Waals surface area contributed by atoms with Crippen LogP contribution >= 0.6 is 0 Å². The van der Waals surface area contributed by atoms with Crippen LogP contribution in [0, 0.1) is 0 Å². The number of anilines is 1. The van der Waals surface area contributed by atoms with Gasteiger partial charge in [0.1, 0.15) is 12.6 Å². The van der Waals surface area contributed by atoms with E-state index in [2.05, 4.69) is 31.3 Å². The molecule has 162 valence electrons. The summed E-state index contributed by atoms with van der Waals surface area (Å²) in [6.07, 6.45) is 0.549. The van der Waals surface area contributed by atoms with Crippen LogP contribution in [-0.4, -0.2) is 54.5 Å². The number of nitrogens with one attached hydrogen (secondary N) is 4. The van der Waals surface area contributed by atoms with E-state index in [1.807, 2.05) is 0 Å². The average molecular weight is 420 g/mol. The summed E-state index contributed by atoms with van der Waals surface area (Å²) in [6.45, 7) is -0.779. The summed E-state index contributed by atoms with van der Waals surface area (Å²) in [7, 11) is 0. The molecule has 0 unspecified atom stereocenters. The van der Waals surface area contributed by atoms with Gasteiger partial charge < -0.3 is 32.1 Å². The molecule has 0 bridgehead atoms. The van der Waals surface area contributed by atoms with Gasteiger partial charge in [0.15, 0.2) is 0 Å². The number of aliphatic hydroxyl groups is 1. The van der Waals surface area contributed by atoms with Crippen molar-refractivity contribution in [3.05, 3.63) is 40.3 Å². The highest BCUT2D eigenvalue weighted by Crippen LogP contribution is 2.11. The SMILES string of the molecule is [N-]=[N+]=NCC(=O)NCC(=O)N[C@@H](CCCNC(N)=O)C(=O)Nc1ccc(CO)cc1. The maximum atomic E-state index is 12.6. The molecule has 30 heavy (non-hydrogen) atoms. The number of hydrogen-bond donors (Lipinski definition) is 6. The number of hydrogen-bond acceptors (Lipinski definition) is 6. The highest BCUT2D eigenvalue weighted by Gasteiger charge is 2.21. The number of amides is 5. The van der Waals surface area contributed by atoms with E-state index in [-0.39, 0.29) is 19.6 Å². The molecular weight excluding hydrogens is 396 g/mol. The van der Waals surface area contributed by atoms with Gasteiger partial charge in [-0.15, -0.1) is 0 Å². The molecule has 0 saturated carbocycles. The largest absolute Gasteiger partial charge is 0.392 e. The summed E-state index contributed by atoms with van der Waals surface area (Å²) < 4.78 is 0. The van der Waals surface area contributed by atoms with E-state index in [9.17, 15) is 19.2 Å². The molecule has 0 radical (unpaired) electrons. The number of carbonyl (C=O) groups is 4. The summed E-state index contributed by atoms with van der Waals surface area (Å²) in [5.74, 6) is -1.76. The molecule has 13 nitrogen and oxygen atoms in total. The average Bonchev–Trinajstić information content (AvgIpc) is 2.73. The second-order valence-corrected chi connectivity index (χ2v) is 6.06. The van der Waals surface area contributed by atoms with Crippen molar-refractivity contribution in [3.8, 4) is 0 Å². The van der Waals surface area contributed by atoms with E-state index in [0.717, 1.165) is 0 Å². The van der Waals surface area contributed by atoms with Crippen LogP contribution in [0.4, 0.5) is 10.5 Å². The zero-order valence-electron chi connectivity index (χ0n) is 16.1. The normalized spacial score (nSPS) is 10.8. The van der Waals surface area contributed by atoms with Crippen molar-refractivity contribution >= 4 is 29.4 Å². The van der Waals surface area contributed by atoms with Gasteiger partial charge in [0.05, 0.1) is 13.2 Å². The molecule has 0 aliphatic carbocycles. The molecule has 7 N–H and O–H groups in total. The molecule has 0 fully saturated rings. The quantitative estimate of drug-likeness (QED) is 0.114. The van der Waals surface area contributed by atoms with Crippen LogP contribution in [0.25, 0.3) is 10.4 Å². The molecule has 0 spiro atoms. The van der Waals surface area contributed by atoms with Crippen LogP contribution in [0.2, 0.25) is 0 Å². The first-order valence-corrected chi connectivity index (χ1v) is 8.96. The molecule has 1 aromatic carbocycles. The fourth-order valence-electron chi connectivity index (χ4n) is 2.29. The van der Waals surface area contributed by atoms with Crippen LogP contribution in [0.15, 0.2) is 29.4 Å². The Morgan fingerprint density at radius 1 is 1.13 bits per heavy atom. The predicted octanol–water partition coefficient (Wildman–Crippen LogP) is -0.523. The molecule has 5 amide bonds. The van der Waals surface area contributed by atoms with E-state index in [1.165, 1.54) is 0 Å². The van der Waals surface area contributed by atoms with Crippen LogP contribution < -0.4 is 27.0 Å². The maximum Gasteiger partial charge on any atom is 0.312 e. The van der Waals surface area contributed by atoms with Gasteiger partial charge >= 0.3 is 6.03 Å². The van der Waals surface area contributed by atoms with E-state index >= 15 is 0 Å². The first-order chi connectivity index (χ1) is 14.3. The Morgan fingerprint density at radius 2 is 1.83 bits per heavy atom. The second kappa shape index (κ2) is 13.4. The molecule has 1 rings (SSSR count). The number of carbonyl (C=O) groups excluding carboxylic acids is 4. The lowest BCUT2D eigenvalue weighted by Gasteiger charge is -2.19. The number of azide groups is 1. The molecule has 1 atom stereocenters. The number of benzene rings is 1. The zero-order valence-corrected chi connectivity index (χ0v) is 16.1. The lowest BCUT2D eigenvalue weighted by atomic mass is 10.1. The van der Waals surface area contributed by atoms with Crippen molar-refractivity contribution in [2.24, 2.45) is 10.8 Å². The number of primary amides is 1. The maximum absolute atomic E-state index is 12.6. The minimum atomic E-state index is -0.946. The zero-order chi connectivity index (χ0) is 22.4. The minimum Gasteiger partial charge on any atom is -0.392 e. The van der Waals surface area contributed by atoms with Crippen molar-refractivity contribution < 1.29 is 24.3 Å². The number of aliphatic hydroxyl groups excluding tert-OH is 1. The Balaban J connectivity index is 2.67. The molecule has 0 saturated heterocycles. The van der Waals surface area contributed by atoms with Gasteiger partial charge in [-0.1, -0.05) is 17.2 Å². The van der Waals surface area contributed by atoms with Crippen molar-refractivity contribution in [2.45, 2.75) is 25.5 Å². The predicted molar refractivity (Wildman–Crippen MR) is 107 cm³/mol. The molecule has 1 aromatic rings. The highest BCUT2D eigenvalue weighted by atomic mass is 16.3. The van der Waals surface area contributed by atoms with Gasteiger partial charge in [0, 0.05) is 17.1 Å². The Hall–Kier alpha value is -3.83. The van der Waals surface area contributed by atoms with Gasteiger partial charge in [-0.05, 0) is 36.1 Å². The Morgan fingerprint density at radius 3 is 2.43 bits per heavy atom. The fraction of sp³-hybridized carbons (Fsp3) is 0.412. The van der Waals surface area contributed by atoms with Crippen molar-refractivity contribution in [1.29, 1.82) is 0 Å². The summed E-state index contributed by atoms with van der Waals surface area (Å²) in [5.41, 5.74) is 14.3. The molecular formula is C17H24N8O5. The molecule has 0 aliphatic rings. The Bertz CT molecular complexity index is 792. The number of nitrogens with zero attached hydrogens (tertiary/aromatic N) is 3. The van der Waals surface area contributed by atoms with E-state index < -0.39 is 42.9 Å². The summed E-state index contributed by atoms with van der Waals surface area (Å²) in [5, 5.41) is 21.9. The smallest absolute Gasteiger partial charge is 0.312 e. The molecule has 0 heterocycles. The topological polar surface area (TPSA) is 211 Å². The van der Waals surface area contributed by atoms with E-state index in [0.29, 0.717) is 17.7 Å². The lowest BCUT2D eigenvalue weighted by molar-refractivity contribution is -0.128. The first-order valence-electron chi connectivity index (χ1n) is 8.96. The van der Waals surface area contributed by atoms with Crippen LogP contribution in [0.5, 0.6) is 0 Å². The van der Waals surface area contributed by atoms with E-state index in [1.54, 1.807) is 24.3 Å². The van der Waals surface area contributed by atoms with Gasteiger partial charge in [0.2, 0.25) is 17.7 Å². The van der Waals surface area contributed by atoms with Crippen LogP contribution in [0.1, 0.15) is 18.4 Å². The van der Waals surface area contributed by atoms with Crippen molar-refractivity contribution in [2.75, 3.05) is 25.0 Å². The Labute approximate surface area is 172 Å². The molecule has 13 heteroatoms. The third kappa shape index (κ3) is 9.92. The highest BCUT2D eigenvalue weighted by molar-refractivity contribution is 5.97. The van der Waals surface area contributed by atoms with Gasteiger partial charge in [-0.2, -0.15) is 0 Å². The summed E-state index contributed by atoms with van der Waals surface area (Å²) in [4.78, 5) is 49.2. The Kier molecular flexibility index (Phi) is 10.8. The number of nitrogens with two attached hydrogens (primary N) is 1. The van der Waals surface area contributed by atoms with Crippen LogP contribution in [0.3, 0.4) is 0 Å². The first kappa shape index (κ1) is 24.2. The third-order valence-corrected chi connectivity index (χ3v) is 3.75.